The fourth-order valence-electron chi connectivity index (χ4n) is 3.41. The first kappa shape index (κ1) is 15.3. The molecule has 1 aliphatic rings. The molecule has 20 heavy (non-hydrogen) atoms. The summed E-state index contributed by atoms with van der Waals surface area (Å²) < 4.78 is 6.14. The van der Waals surface area contributed by atoms with Crippen molar-refractivity contribution in [3.8, 4) is 5.88 Å². The zero-order valence-electron chi connectivity index (χ0n) is 13.3. The summed E-state index contributed by atoms with van der Waals surface area (Å²) in [6, 6.07) is 4.11. The maximum atomic E-state index is 6.14. The monoisotopic (exact) mass is 276 g/mol. The lowest BCUT2D eigenvalue weighted by Gasteiger charge is -2.38. The summed E-state index contributed by atoms with van der Waals surface area (Å²) >= 11 is 0. The van der Waals surface area contributed by atoms with Crippen LogP contribution in [0.2, 0.25) is 0 Å². The first-order valence-electron chi connectivity index (χ1n) is 7.81. The Labute approximate surface area is 123 Å². The Morgan fingerprint density at radius 2 is 2.20 bits per heavy atom. The smallest absolute Gasteiger partial charge is 0.213 e. The van der Waals surface area contributed by atoms with Crippen molar-refractivity contribution in [1.29, 1.82) is 0 Å². The molecule has 3 heteroatoms. The molecule has 1 aromatic rings. The van der Waals surface area contributed by atoms with E-state index in [2.05, 4.69) is 44.1 Å². The van der Waals surface area contributed by atoms with Gasteiger partial charge in [-0.3, -0.25) is 0 Å². The molecule has 1 fully saturated rings. The molecule has 1 N–H and O–H groups in total. The first-order valence-corrected chi connectivity index (χ1v) is 7.81. The van der Waals surface area contributed by atoms with Crippen LogP contribution in [0.1, 0.15) is 52.5 Å². The average Bonchev–Trinajstić information content (AvgIpc) is 2.34. The lowest BCUT2D eigenvalue weighted by atomic mass is 9.71. The van der Waals surface area contributed by atoms with Gasteiger partial charge in [0, 0.05) is 18.8 Å². The molecule has 0 aliphatic heterocycles. The first-order chi connectivity index (χ1) is 9.48. The summed E-state index contributed by atoms with van der Waals surface area (Å²) in [5.41, 5.74) is 1.61. The predicted molar refractivity (Wildman–Crippen MR) is 82.8 cm³/mol. The highest BCUT2D eigenvalue weighted by molar-refractivity contribution is 5.20. The summed E-state index contributed by atoms with van der Waals surface area (Å²) in [5.74, 6) is 1.50. The van der Waals surface area contributed by atoms with E-state index in [0.29, 0.717) is 11.5 Å². The van der Waals surface area contributed by atoms with E-state index in [1.807, 2.05) is 12.3 Å². The van der Waals surface area contributed by atoms with Gasteiger partial charge in [-0.25, -0.2) is 4.98 Å². The third kappa shape index (κ3) is 4.48. The molecule has 0 saturated heterocycles. The number of nitrogens with zero attached hydrogens (tertiary/aromatic N) is 1. The van der Waals surface area contributed by atoms with Gasteiger partial charge in [-0.15, -0.1) is 0 Å². The number of pyridine rings is 1. The van der Waals surface area contributed by atoms with Gasteiger partial charge in [0.25, 0.3) is 0 Å². The van der Waals surface area contributed by atoms with Gasteiger partial charge in [-0.05, 0) is 48.8 Å². The maximum Gasteiger partial charge on any atom is 0.213 e. The van der Waals surface area contributed by atoms with Crippen LogP contribution < -0.4 is 10.1 Å². The minimum absolute atomic E-state index is 0.302. The minimum atomic E-state index is 0.302. The van der Waals surface area contributed by atoms with Crippen LogP contribution in [0.3, 0.4) is 0 Å². The second kappa shape index (κ2) is 6.57. The van der Waals surface area contributed by atoms with Crippen molar-refractivity contribution in [2.45, 2.75) is 59.6 Å². The molecule has 0 spiro atoms. The number of nitrogens with one attached hydrogen (secondary N) is 1. The SMILES string of the molecule is CCNCc1ccnc(OC2CC(C)CC(C)(C)C2)c1. The Kier molecular flexibility index (Phi) is 5.03. The topological polar surface area (TPSA) is 34.2 Å². The largest absolute Gasteiger partial charge is 0.474 e. The summed E-state index contributed by atoms with van der Waals surface area (Å²) in [7, 11) is 0. The Balaban J connectivity index is 1.98. The van der Waals surface area contributed by atoms with E-state index in [9.17, 15) is 0 Å². The Bertz CT molecular complexity index is 431. The fourth-order valence-corrected chi connectivity index (χ4v) is 3.41. The van der Waals surface area contributed by atoms with Crippen LogP contribution in [0.25, 0.3) is 0 Å². The van der Waals surface area contributed by atoms with E-state index in [-0.39, 0.29) is 0 Å². The van der Waals surface area contributed by atoms with Gasteiger partial charge in [-0.2, -0.15) is 0 Å². The molecule has 0 aromatic carbocycles. The Morgan fingerprint density at radius 3 is 2.90 bits per heavy atom. The van der Waals surface area contributed by atoms with Crippen molar-refractivity contribution in [1.82, 2.24) is 10.3 Å². The van der Waals surface area contributed by atoms with Crippen LogP contribution in [-0.2, 0) is 6.54 Å². The van der Waals surface area contributed by atoms with E-state index >= 15 is 0 Å². The van der Waals surface area contributed by atoms with Gasteiger partial charge in [0.2, 0.25) is 5.88 Å². The second-order valence-electron chi connectivity index (χ2n) is 6.94. The molecule has 1 heterocycles. The molecule has 112 valence electrons. The maximum absolute atomic E-state index is 6.14. The van der Waals surface area contributed by atoms with Crippen molar-refractivity contribution >= 4 is 0 Å². The van der Waals surface area contributed by atoms with Gasteiger partial charge >= 0.3 is 0 Å². The van der Waals surface area contributed by atoms with Gasteiger partial charge in [0.1, 0.15) is 6.10 Å². The van der Waals surface area contributed by atoms with E-state index in [1.54, 1.807) is 0 Å². The molecular formula is C17H28N2O. The molecular weight excluding hydrogens is 248 g/mol. The van der Waals surface area contributed by atoms with Crippen molar-refractivity contribution in [3.05, 3.63) is 23.9 Å². The highest BCUT2D eigenvalue weighted by Gasteiger charge is 2.33. The van der Waals surface area contributed by atoms with Crippen molar-refractivity contribution in [2.24, 2.45) is 11.3 Å². The Morgan fingerprint density at radius 1 is 1.40 bits per heavy atom. The van der Waals surface area contributed by atoms with E-state index in [0.717, 1.165) is 37.7 Å². The fraction of sp³-hybridized carbons (Fsp3) is 0.706. The average molecular weight is 276 g/mol. The lowest BCUT2D eigenvalue weighted by molar-refractivity contribution is 0.0532. The molecule has 3 nitrogen and oxygen atoms in total. The summed E-state index contributed by atoms with van der Waals surface area (Å²) in [4.78, 5) is 4.36. The molecule has 0 amide bonds. The quantitative estimate of drug-likeness (QED) is 0.888. The van der Waals surface area contributed by atoms with Crippen LogP contribution >= 0.6 is 0 Å². The van der Waals surface area contributed by atoms with Crippen LogP contribution in [0.5, 0.6) is 5.88 Å². The number of ether oxygens (including phenoxy) is 1. The number of rotatable bonds is 5. The molecule has 2 atom stereocenters. The zero-order chi connectivity index (χ0) is 14.6. The molecule has 1 aromatic heterocycles. The summed E-state index contributed by atoms with van der Waals surface area (Å²) in [6.45, 7) is 11.0. The van der Waals surface area contributed by atoms with Gasteiger partial charge in [0.05, 0.1) is 0 Å². The predicted octanol–water partition coefficient (Wildman–Crippen LogP) is 3.78. The zero-order valence-corrected chi connectivity index (χ0v) is 13.3. The number of hydrogen-bond donors (Lipinski definition) is 1. The standard InChI is InChI=1S/C17H28N2O/c1-5-18-12-14-6-7-19-16(9-14)20-15-8-13(2)10-17(3,4)11-15/h6-7,9,13,15,18H,5,8,10-12H2,1-4H3. The molecule has 0 radical (unpaired) electrons. The summed E-state index contributed by atoms with van der Waals surface area (Å²) in [5, 5.41) is 3.33. The molecule has 1 saturated carbocycles. The van der Waals surface area contributed by atoms with E-state index in [4.69, 9.17) is 4.74 Å². The molecule has 0 bridgehead atoms. The Hall–Kier alpha value is -1.09. The third-order valence-electron chi connectivity index (χ3n) is 4.01. The molecule has 2 unspecified atom stereocenters. The van der Waals surface area contributed by atoms with E-state index in [1.165, 1.54) is 12.0 Å². The molecule has 1 aliphatic carbocycles. The second-order valence-corrected chi connectivity index (χ2v) is 6.94. The third-order valence-corrected chi connectivity index (χ3v) is 4.01. The highest BCUT2D eigenvalue weighted by atomic mass is 16.5. The van der Waals surface area contributed by atoms with Gasteiger partial charge in [0.15, 0.2) is 0 Å². The van der Waals surface area contributed by atoms with Crippen LogP contribution in [0, 0.1) is 11.3 Å². The highest BCUT2D eigenvalue weighted by Crippen LogP contribution is 2.39. The van der Waals surface area contributed by atoms with E-state index < -0.39 is 0 Å². The van der Waals surface area contributed by atoms with Crippen LogP contribution in [-0.4, -0.2) is 17.6 Å². The molecule has 2 rings (SSSR count). The summed E-state index contributed by atoms with van der Waals surface area (Å²) in [6.07, 6.45) is 5.70. The van der Waals surface area contributed by atoms with Crippen molar-refractivity contribution in [3.63, 3.8) is 0 Å². The van der Waals surface area contributed by atoms with Crippen LogP contribution in [0.15, 0.2) is 18.3 Å². The van der Waals surface area contributed by atoms with Crippen molar-refractivity contribution in [2.75, 3.05) is 6.54 Å². The number of hydrogen-bond acceptors (Lipinski definition) is 3. The normalized spacial score (nSPS) is 25.4. The van der Waals surface area contributed by atoms with Crippen LogP contribution in [0.4, 0.5) is 0 Å². The minimum Gasteiger partial charge on any atom is -0.474 e. The number of aromatic nitrogens is 1. The van der Waals surface area contributed by atoms with Crippen molar-refractivity contribution < 1.29 is 4.74 Å². The van der Waals surface area contributed by atoms with Gasteiger partial charge in [-0.1, -0.05) is 27.7 Å². The van der Waals surface area contributed by atoms with Gasteiger partial charge < -0.3 is 10.1 Å². The lowest BCUT2D eigenvalue weighted by Crippen LogP contribution is -2.34.